The molecule has 2 nitrogen and oxygen atoms in total. The van der Waals surface area contributed by atoms with Crippen LogP contribution in [0.5, 0.6) is 0 Å². The highest BCUT2D eigenvalue weighted by molar-refractivity contribution is 7.80. The lowest BCUT2D eigenvalue weighted by Gasteiger charge is -2.29. The fourth-order valence-corrected chi connectivity index (χ4v) is 2.30. The molecule has 1 aliphatic rings. The van der Waals surface area contributed by atoms with E-state index < -0.39 is 0 Å². The zero-order valence-corrected chi connectivity index (χ0v) is 10.5. The molecule has 0 radical (unpaired) electrons. The van der Waals surface area contributed by atoms with Crippen LogP contribution in [0.25, 0.3) is 0 Å². The molecule has 0 heterocycles. The highest BCUT2D eigenvalue weighted by atomic mass is 32.1. The van der Waals surface area contributed by atoms with Gasteiger partial charge in [-0.1, -0.05) is 0 Å². The molecule has 84 valence electrons. The van der Waals surface area contributed by atoms with E-state index in [1.54, 1.807) is 0 Å². The molecule has 0 aromatic heterocycles. The Morgan fingerprint density at radius 3 is 1.43 bits per heavy atom. The molecular formula is C10H22N2S2. The SMILES string of the molecule is SCCNC1CCC(NCCS)CC1. The van der Waals surface area contributed by atoms with Crippen LogP contribution in [0.4, 0.5) is 0 Å². The van der Waals surface area contributed by atoms with E-state index in [9.17, 15) is 0 Å². The van der Waals surface area contributed by atoms with Gasteiger partial charge in [0.05, 0.1) is 0 Å². The van der Waals surface area contributed by atoms with Gasteiger partial charge >= 0.3 is 0 Å². The lowest BCUT2D eigenvalue weighted by molar-refractivity contribution is 0.315. The summed E-state index contributed by atoms with van der Waals surface area (Å²) in [5, 5.41) is 7.06. The molecule has 14 heavy (non-hydrogen) atoms. The van der Waals surface area contributed by atoms with Crippen molar-refractivity contribution in [2.24, 2.45) is 0 Å². The molecule has 0 bridgehead atoms. The molecule has 1 saturated carbocycles. The van der Waals surface area contributed by atoms with Crippen molar-refractivity contribution in [3.8, 4) is 0 Å². The van der Waals surface area contributed by atoms with Gasteiger partial charge in [0.25, 0.3) is 0 Å². The highest BCUT2D eigenvalue weighted by Gasteiger charge is 2.19. The lowest BCUT2D eigenvalue weighted by Crippen LogP contribution is -2.41. The van der Waals surface area contributed by atoms with E-state index >= 15 is 0 Å². The third-order valence-corrected chi connectivity index (χ3v) is 3.26. The van der Waals surface area contributed by atoms with E-state index in [0.717, 1.165) is 36.7 Å². The van der Waals surface area contributed by atoms with Gasteiger partial charge in [0.1, 0.15) is 0 Å². The van der Waals surface area contributed by atoms with Crippen molar-refractivity contribution in [2.45, 2.75) is 37.8 Å². The van der Waals surface area contributed by atoms with E-state index in [-0.39, 0.29) is 0 Å². The monoisotopic (exact) mass is 234 g/mol. The predicted molar refractivity (Wildman–Crippen MR) is 69.8 cm³/mol. The summed E-state index contributed by atoms with van der Waals surface area (Å²) in [5.74, 6) is 1.88. The minimum atomic E-state index is 0.733. The number of hydrogen-bond acceptors (Lipinski definition) is 4. The van der Waals surface area contributed by atoms with Gasteiger partial charge in [-0.25, -0.2) is 0 Å². The number of thiol groups is 2. The average Bonchev–Trinajstić information content (AvgIpc) is 2.25. The molecular weight excluding hydrogens is 212 g/mol. The van der Waals surface area contributed by atoms with Crippen LogP contribution in [-0.4, -0.2) is 36.7 Å². The second-order valence-corrected chi connectivity index (χ2v) is 4.80. The molecule has 0 unspecified atom stereocenters. The summed E-state index contributed by atoms with van der Waals surface area (Å²) in [6.07, 6.45) is 5.21. The van der Waals surface area contributed by atoms with Crippen molar-refractivity contribution >= 4 is 25.3 Å². The van der Waals surface area contributed by atoms with Crippen molar-refractivity contribution in [1.82, 2.24) is 10.6 Å². The maximum Gasteiger partial charge on any atom is 0.00685 e. The molecule has 0 aromatic rings. The Hall–Kier alpha value is 0.620. The molecule has 2 N–H and O–H groups in total. The first kappa shape index (κ1) is 12.7. The van der Waals surface area contributed by atoms with Gasteiger partial charge in [0.2, 0.25) is 0 Å². The number of rotatable bonds is 6. The fraction of sp³-hybridized carbons (Fsp3) is 1.00. The third-order valence-electron chi connectivity index (χ3n) is 2.82. The lowest BCUT2D eigenvalue weighted by atomic mass is 9.91. The van der Waals surface area contributed by atoms with Crippen LogP contribution in [0.3, 0.4) is 0 Å². The molecule has 1 fully saturated rings. The Balaban J connectivity index is 2.05. The molecule has 0 spiro atoms. The molecule has 0 aromatic carbocycles. The largest absolute Gasteiger partial charge is 0.313 e. The summed E-state index contributed by atoms with van der Waals surface area (Å²) in [7, 11) is 0. The van der Waals surface area contributed by atoms with E-state index in [1.165, 1.54) is 25.7 Å². The van der Waals surface area contributed by atoms with Crippen molar-refractivity contribution < 1.29 is 0 Å². The van der Waals surface area contributed by atoms with Gasteiger partial charge in [0.15, 0.2) is 0 Å². The second-order valence-electron chi connectivity index (χ2n) is 3.90. The van der Waals surface area contributed by atoms with Crippen molar-refractivity contribution in [3.05, 3.63) is 0 Å². The maximum absolute atomic E-state index is 4.20. The summed E-state index contributed by atoms with van der Waals surface area (Å²) < 4.78 is 0. The summed E-state index contributed by atoms with van der Waals surface area (Å²) in [4.78, 5) is 0. The minimum Gasteiger partial charge on any atom is -0.313 e. The molecule has 1 rings (SSSR count). The molecule has 1 aliphatic carbocycles. The normalized spacial score (nSPS) is 27.9. The van der Waals surface area contributed by atoms with Gasteiger partial charge in [-0.2, -0.15) is 25.3 Å². The first-order chi connectivity index (χ1) is 6.86. The summed E-state index contributed by atoms with van der Waals surface area (Å²) >= 11 is 8.40. The van der Waals surface area contributed by atoms with Crippen LogP contribution in [-0.2, 0) is 0 Å². The van der Waals surface area contributed by atoms with E-state index in [4.69, 9.17) is 0 Å². The highest BCUT2D eigenvalue weighted by Crippen LogP contribution is 2.18. The van der Waals surface area contributed by atoms with Gasteiger partial charge in [0, 0.05) is 36.7 Å². The maximum atomic E-state index is 4.20. The summed E-state index contributed by atoms with van der Waals surface area (Å²) in [5.41, 5.74) is 0. The second kappa shape index (κ2) is 7.85. The zero-order valence-electron chi connectivity index (χ0n) is 8.71. The van der Waals surface area contributed by atoms with Crippen LogP contribution >= 0.6 is 25.3 Å². The van der Waals surface area contributed by atoms with Gasteiger partial charge in [-0.05, 0) is 25.7 Å². The Bertz CT molecular complexity index is 120. The summed E-state index contributed by atoms with van der Waals surface area (Å²) in [6.45, 7) is 2.09. The topological polar surface area (TPSA) is 24.1 Å². The van der Waals surface area contributed by atoms with Crippen LogP contribution in [0.1, 0.15) is 25.7 Å². The molecule has 0 amide bonds. The van der Waals surface area contributed by atoms with Crippen molar-refractivity contribution in [3.63, 3.8) is 0 Å². The van der Waals surface area contributed by atoms with Gasteiger partial charge in [-0.15, -0.1) is 0 Å². The Morgan fingerprint density at radius 1 is 0.786 bits per heavy atom. The first-order valence-electron chi connectivity index (χ1n) is 5.55. The summed E-state index contributed by atoms with van der Waals surface area (Å²) in [6, 6.07) is 1.47. The van der Waals surface area contributed by atoms with E-state index in [2.05, 4.69) is 35.9 Å². The van der Waals surface area contributed by atoms with E-state index in [1.807, 2.05) is 0 Å². The Morgan fingerprint density at radius 2 is 1.14 bits per heavy atom. The molecule has 0 aliphatic heterocycles. The molecule has 0 atom stereocenters. The first-order valence-corrected chi connectivity index (χ1v) is 6.81. The molecule has 0 saturated heterocycles. The Kier molecular flexibility index (Phi) is 7.12. The minimum absolute atomic E-state index is 0.733. The third kappa shape index (κ3) is 4.91. The smallest absolute Gasteiger partial charge is 0.00685 e. The van der Waals surface area contributed by atoms with Crippen LogP contribution in [0, 0.1) is 0 Å². The number of hydrogen-bond donors (Lipinski definition) is 4. The van der Waals surface area contributed by atoms with Crippen molar-refractivity contribution in [2.75, 3.05) is 24.6 Å². The van der Waals surface area contributed by atoms with Crippen LogP contribution in [0.2, 0.25) is 0 Å². The zero-order chi connectivity index (χ0) is 10.2. The van der Waals surface area contributed by atoms with E-state index in [0.29, 0.717) is 0 Å². The van der Waals surface area contributed by atoms with Gasteiger partial charge < -0.3 is 10.6 Å². The predicted octanol–water partition coefficient (Wildman–Crippen LogP) is 1.34. The average molecular weight is 234 g/mol. The standard InChI is InChI=1S/C10H22N2S2/c13-7-5-11-9-1-2-10(4-3-9)12-6-8-14/h9-14H,1-8H2. The fourth-order valence-electron chi connectivity index (χ4n) is 2.04. The number of nitrogens with one attached hydrogen (secondary N) is 2. The molecule has 4 heteroatoms. The van der Waals surface area contributed by atoms with Crippen LogP contribution in [0.15, 0.2) is 0 Å². The van der Waals surface area contributed by atoms with Crippen molar-refractivity contribution in [1.29, 1.82) is 0 Å². The van der Waals surface area contributed by atoms with Crippen LogP contribution < -0.4 is 10.6 Å². The Labute approximate surface area is 98.4 Å². The quantitative estimate of drug-likeness (QED) is 0.521. The van der Waals surface area contributed by atoms with Gasteiger partial charge in [-0.3, -0.25) is 0 Å².